The second-order valence-corrected chi connectivity index (χ2v) is 7.44. The van der Waals surface area contributed by atoms with Crippen molar-refractivity contribution in [2.45, 2.75) is 39.3 Å². The van der Waals surface area contributed by atoms with Crippen LogP contribution in [0.15, 0.2) is 54.6 Å². The van der Waals surface area contributed by atoms with Crippen LogP contribution >= 0.6 is 0 Å². The molecule has 0 radical (unpaired) electrons. The Hall–Kier alpha value is -3.39. The predicted molar refractivity (Wildman–Crippen MR) is 114 cm³/mol. The zero-order chi connectivity index (χ0) is 20.8. The van der Waals surface area contributed by atoms with Crippen LogP contribution in [0.5, 0.6) is 0 Å². The van der Waals surface area contributed by atoms with E-state index in [9.17, 15) is 9.59 Å². The summed E-state index contributed by atoms with van der Waals surface area (Å²) < 4.78 is 0. The molecule has 0 N–H and O–H groups in total. The normalized spacial score (nSPS) is 13.9. The third-order valence-corrected chi connectivity index (χ3v) is 5.04. The summed E-state index contributed by atoms with van der Waals surface area (Å²) in [5.74, 6) is 0.0991. The van der Waals surface area contributed by atoms with Crippen molar-refractivity contribution in [2.75, 3.05) is 11.4 Å². The maximum atomic E-state index is 12.7. The average molecular weight is 387 g/mol. The van der Waals surface area contributed by atoms with Gasteiger partial charge in [-0.25, -0.2) is 0 Å². The minimum Gasteiger partial charge on any atom is -0.332 e. The summed E-state index contributed by atoms with van der Waals surface area (Å²) in [6.45, 7) is 5.22. The van der Waals surface area contributed by atoms with Gasteiger partial charge in [0.25, 0.3) is 0 Å². The minimum absolute atomic E-state index is 0.0475. The fourth-order valence-electron chi connectivity index (χ4n) is 3.35. The molecule has 2 aromatic carbocycles. The number of rotatable bonds is 6. The zero-order valence-electron chi connectivity index (χ0n) is 16.8. The van der Waals surface area contributed by atoms with Gasteiger partial charge in [-0.2, -0.15) is 5.26 Å². The second-order valence-electron chi connectivity index (χ2n) is 7.44. The highest BCUT2D eigenvalue weighted by atomic mass is 16.2. The zero-order valence-corrected chi connectivity index (χ0v) is 16.8. The largest absolute Gasteiger partial charge is 0.332 e. The summed E-state index contributed by atoms with van der Waals surface area (Å²) in [5.41, 5.74) is 3.41. The molecule has 1 aliphatic heterocycles. The van der Waals surface area contributed by atoms with E-state index in [2.05, 4.69) is 6.07 Å². The summed E-state index contributed by atoms with van der Waals surface area (Å²) in [6, 6.07) is 17.1. The number of hydrogen-bond donors (Lipinski definition) is 0. The standard InChI is InChI=1S/C24H25N3O2/c1-18(2)27(17-21-7-5-20(16-25)6-8-21)24(29)14-11-19-9-12-22(13-10-19)26-15-3-4-23(26)28/h5-14,18H,3-4,15,17H2,1-2H3/b14-11+. The first kappa shape index (κ1) is 20.3. The van der Waals surface area contributed by atoms with Crippen LogP contribution in [0.25, 0.3) is 6.08 Å². The van der Waals surface area contributed by atoms with Crippen LogP contribution in [0, 0.1) is 11.3 Å². The van der Waals surface area contributed by atoms with E-state index in [-0.39, 0.29) is 17.9 Å². The number of nitrogens with zero attached hydrogens (tertiary/aromatic N) is 3. The Morgan fingerprint density at radius 1 is 1.17 bits per heavy atom. The minimum atomic E-state index is -0.0665. The molecule has 1 fully saturated rings. The van der Waals surface area contributed by atoms with Gasteiger partial charge in [0.15, 0.2) is 0 Å². The number of nitriles is 1. The summed E-state index contributed by atoms with van der Waals surface area (Å²) in [4.78, 5) is 28.2. The van der Waals surface area contributed by atoms with Gasteiger partial charge in [0.05, 0.1) is 11.6 Å². The van der Waals surface area contributed by atoms with Gasteiger partial charge in [0, 0.05) is 37.3 Å². The third-order valence-electron chi connectivity index (χ3n) is 5.04. The van der Waals surface area contributed by atoms with Gasteiger partial charge in [-0.1, -0.05) is 24.3 Å². The van der Waals surface area contributed by atoms with E-state index in [4.69, 9.17) is 5.26 Å². The van der Waals surface area contributed by atoms with E-state index in [0.29, 0.717) is 18.5 Å². The fraction of sp³-hybridized carbons (Fsp3) is 0.292. The van der Waals surface area contributed by atoms with Gasteiger partial charge in [-0.3, -0.25) is 9.59 Å². The predicted octanol–water partition coefficient (Wildman–Crippen LogP) is 4.14. The Balaban J connectivity index is 1.66. The molecule has 1 aliphatic rings. The molecule has 0 unspecified atom stereocenters. The van der Waals surface area contributed by atoms with E-state index in [1.165, 1.54) is 0 Å². The molecule has 2 amide bonds. The monoisotopic (exact) mass is 387 g/mol. The topological polar surface area (TPSA) is 64.4 Å². The highest BCUT2D eigenvalue weighted by Crippen LogP contribution is 2.22. The maximum absolute atomic E-state index is 12.7. The molecule has 0 bridgehead atoms. The molecule has 1 heterocycles. The molecule has 0 aliphatic carbocycles. The molecule has 148 valence electrons. The van der Waals surface area contributed by atoms with Crippen molar-refractivity contribution in [1.29, 1.82) is 5.26 Å². The van der Waals surface area contributed by atoms with Crippen LogP contribution < -0.4 is 4.90 Å². The quantitative estimate of drug-likeness (QED) is 0.700. The van der Waals surface area contributed by atoms with Crippen molar-refractivity contribution in [2.24, 2.45) is 0 Å². The van der Waals surface area contributed by atoms with Crippen molar-refractivity contribution in [3.63, 3.8) is 0 Å². The Morgan fingerprint density at radius 2 is 1.86 bits per heavy atom. The SMILES string of the molecule is CC(C)N(Cc1ccc(C#N)cc1)C(=O)/C=C/c1ccc(N2CCCC2=O)cc1. The molecule has 0 saturated carbocycles. The molecule has 0 atom stereocenters. The summed E-state index contributed by atoms with van der Waals surface area (Å²) >= 11 is 0. The smallest absolute Gasteiger partial charge is 0.247 e. The van der Waals surface area contributed by atoms with Gasteiger partial charge in [0.2, 0.25) is 11.8 Å². The molecule has 0 spiro atoms. The molecule has 0 aromatic heterocycles. The first-order chi connectivity index (χ1) is 14.0. The molecule has 5 nitrogen and oxygen atoms in total. The number of hydrogen-bond acceptors (Lipinski definition) is 3. The number of benzene rings is 2. The Kier molecular flexibility index (Phi) is 6.46. The molecule has 29 heavy (non-hydrogen) atoms. The maximum Gasteiger partial charge on any atom is 0.247 e. The number of carbonyl (C=O) groups excluding carboxylic acids is 2. The third kappa shape index (κ3) is 5.11. The molecular formula is C24H25N3O2. The van der Waals surface area contributed by atoms with E-state index < -0.39 is 0 Å². The first-order valence-electron chi connectivity index (χ1n) is 9.86. The van der Waals surface area contributed by atoms with Crippen LogP contribution in [-0.4, -0.2) is 29.3 Å². The lowest BCUT2D eigenvalue weighted by Gasteiger charge is -2.25. The van der Waals surface area contributed by atoms with Gasteiger partial charge < -0.3 is 9.80 Å². The highest BCUT2D eigenvalue weighted by molar-refractivity contribution is 5.95. The lowest BCUT2D eigenvalue weighted by atomic mass is 10.1. The molecule has 5 heteroatoms. The van der Waals surface area contributed by atoms with Gasteiger partial charge >= 0.3 is 0 Å². The van der Waals surface area contributed by atoms with E-state index >= 15 is 0 Å². The van der Waals surface area contributed by atoms with Crippen LogP contribution in [0.3, 0.4) is 0 Å². The fourth-order valence-corrected chi connectivity index (χ4v) is 3.35. The van der Waals surface area contributed by atoms with Crippen LogP contribution in [0.2, 0.25) is 0 Å². The van der Waals surface area contributed by atoms with Gasteiger partial charge in [0.1, 0.15) is 0 Å². The summed E-state index contributed by atoms with van der Waals surface area (Å²) in [6.07, 6.45) is 4.89. The highest BCUT2D eigenvalue weighted by Gasteiger charge is 2.21. The lowest BCUT2D eigenvalue weighted by Crippen LogP contribution is -2.35. The van der Waals surface area contributed by atoms with E-state index in [1.807, 2.05) is 50.2 Å². The molecule has 1 saturated heterocycles. The van der Waals surface area contributed by atoms with Crippen molar-refractivity contribution < 1.29 is 9.59 Å². The van der Waals surface area contributed by atoms with Crippen LogP contribution in [0.1, 0.15) is 43.4 Å². The van der Waals surface area contributed by atoms with Crippen molar-refractivity contribution in [1.82, 2.24) is 4.90 Å². The molecular weight excluding hydrogens is 362 g/mol. The van der Waals surface area contributed by atoms with Crippen molar-refractivity contribution in [3.8, 4) is 6.07 Å². The lowest BCUT2D eigenvalue weighted by molar-refractivity contribution is -0.128. The molecule has 2 aromatic rings. The van der Waals surface area contributed by atoms with E-state index in [1.54, 1.807) is 34.1 Å². The van der Waals surface area contributed by atoms with Crippen LogP contribution in [-0.2, 0) is 16.1 Å². The Bertz CT molecular complexity index is 938. The summed E-state index contributed by atoms with van der Waals surface area (Å²) in [5, 5.41) is 8.91. The molecule has 3 rings (SSSR count). The first-order valence-corrected chi connectivity index (χ1v) is 9.86. The summed E-state index contributed by atoms with van der Waals surface area (Å²) in [7, 11) is 0. The number of amides is 2. The number of anilines is 1. The van der Waals surface area contributed by atoms with Crippen molar-refractivity contribution in [3.05, 3.63) is 71.3 Å². The Labute approximate surface area is 171 Å². The van der Waals surface area contributed by atoms with Gasteiger partial charge in [-0.05, 0) is 61.7 Å². The Morgan fingerprint density at radius 3 is 2.41 bits per heavy atom. The average Bonchev–Trinajstić information content (AvgIpc) is 3.16. The number of carbonyl (C=O) groups is 2. The second kappa shape index (κ2) is 9.20. The van der Waals surface area contributed by atoms with Gasteiger partial charge in [-0.15, -0.1) is 0 Å². The van der Waals surface area contributed by atoms with E-state index in [0.717, 1.165) is 29.8 Å². The van der Waals surface area contributed by atoms with Crippen molar-refractivity contribution >= 4 is 23.6 Å². The van der Waals surface area contributed by atoms with Crippen LogP contribution in [0.4, 0.5) is 5.69 Å².